The highest BCUT2D eigenvalue weighted by Gasteiger charge is 2.25. The molecule has 2 aliphatic heterocycles. The van der Waals surface area contributed by atoms with Crippen LogP contribution in [-0.2, 0) is 4.79 Å². The van der Waals surface area contributed by atoms with E-state index in [0.717, 1.165) is 38.4 Å². The van der Waals surface area contributed by atoms with Crippen molar-refractivity contribution in [3.8, 4) is 0 Å². The van der Waals surface area contributed by atoms with Crippen LogP contribution in [0.1, 0.15) is 33.1 Å². The predicted molar refractivity (Wildman–Crippen MR) is 73.4 cm³/mol. The van der Waals surface area contributed by atoms with Crippen molar-refractivity contribution < 1.29 is 4.79 Å². The molecule has 0 aliphatic carbocycles. The SMILES string of the molecule is CC(C)CN1CCC(CNC(=O)[C@@H]2CCCN2)C1. The number of nitrogens with one attached hydrogen (secondary N) is 2. The van der Waals surface area contributed by atoms with Gasteiger partial charge >= 0.3 is 0 Å². The van der Waals surface area contributed by atoms with E-state index in [2.05, 4.69) is 29.4 Å². The minimum Gasteiger partial charge on any atom is -0.354 e. The minimum absolute atomic E-state index is 0.0678. The molecule has 0 radical (unpaired) electrons. The summed E-state index contributed by atoms with van der Waals surface area (Å²) in [6.07, 6.45) is 3.35. The van der Waals surface area contributed by atoms with Gasteiger partial charge in [0.25, 0.3) is 0 Å². The van der Waals surface area contributed by atoms with E-state index in [9.17, 15) is 4.79 Å². The highest BCUT2D eigenvalue weighted by Crippen LogP contribution is 2.16. The van der Waals surface area contributed by atoms with Crippen LogP contribution in [0, 0.1) is 11.8 Å². The van der Waals surface area contributed by atoms with Crippen molar-refractivity contribution >= 4 is 5.91 Å². The fraction of sp³-hybridized carbons (Fsp3) is 0.929. The van der Waals surface area contributed by atoms with Crippen LogP contribution in [0.25, 0.3) is 0 Å². The summed E-state index contributed by atoms with van der Waals surface area (Å²) in [5, 5.41) is 6.36. The molecule has 4 heteroatoms. The minimum atomic E-state index is 0.0678. The normalized spacial score (nSPS) is 29.1. The van der Waals surface area contributed by atoms with E-state index in [1.807, 2.05) is 0 Å². The second kappa shape index (κ2) is 6.53. The first-order valence-corrected chi connectivity index (χ1v) is 7.38. The molecule has 2 fully saturated rings. The fourth-order valence-electron chi connectivity index (χ4n) is 3.04. The molecular weight excluding hydrogens is 226 g/mol. The molecule has 0 saturated carbocycles. The Morgan fingerprint density at radius 2 is 2.28 bits per heavy atom. The van der Waals surface area contributed by atoms with Crippen LogP contribution < -0.4 is 10.6 Å². The lowest BCUT2D eigenvalue weighted by Gasteiger charge is -2.18. The number of rotatable bonds is 5. The third-order valence-electron chi connectivity index (χ3n) is 3.94. The van der Waals surface area contributed by atoms with Gasteiger partial charge < -0.3 is 15.5 Å². The molecule has 2 heterocycles. The number of likely N-dealkylation sites (tertiary alicyclic amines) is 1. The van der Waals surface area contributed by atoms with E-state index >= 15 is 0 Å². The largest absolute Gasteiger partial charge is 0.354 e. The molecule has 1 amide bonds. The van der Waals surface area contributed by atoms with Crippen LogP contribution in [0.15, 0.2) is 0 Å². The maximum Gasteiger partial charge on any atom is 0.237 e. The average Bonchev–Trinajstić information content (AvgIpc) is 2.95. The molecule has 2 rings (SSSR count). The quantitative estimate of drug-likeness (QED) is 0.763. The number of nitrogens with zero attached hydrogens (tertiary/aromatic N) is 1. The topological polar surface area (TPSA) is 44.4 Å². The number of amides is 1. The van der Waals surface area contributed by atoms with E-state index in [0.29, 0.717) is 5.92 Å². The molecule has 4 nitrogen and oxygen atoms in total. The molecule has 0 aromatic heterocycles. The number of carbonyl (C=O) groups excluding carboxylic acids is 1. The summed E-state index contributed by atoms with van der Waals surface area (Å²) < 4.78 is 0. The van der Waals surface area contributed by atoms with Crippen molar-refractivity contribution in [3.05, 3.63) is 0 Å². The standard InChI is InChI=1S/C14H27N3O/c1-11(2)9-17-7-5-12(10-17)8-16-14(18)13-4-3-6-15-13/h11-13,15H,3-10H2,1-2H3,(H,16,18)/t12?,13-/m0/s1. The van der Waals surface area contributed by atoms with Gasteiger partial charge in [-0.3, -0.25) is 4.79 Å². The first-order chi connectivity index (χ1) is 8.65. The summed E-state index contributed by atoms with van der Waals surface area (Å²) in [5.74, 6) is 1.59. The fourth-order valence-corrected chi connectivity index (χ4v) is 3.04. The van der Waals surface area contributed by atoms with E-state index in [1.54, 1.807) is 0 Å². The summed E-state index contributed by atoms with van der Waals surface area (Å²) >= 11 is 0. The van der Waals surface area contributed by atoms with Gasteiger partial charge in [-0.25, -0.2) is 0 Å². The molecule has 104 valence electrons. The first-order valence-electron chi connectivity index (χ1n) is 7.38. The van der Waals surface area contributed by atoms with Crippen LogP contribution in [0.3, 0.4) is 0 Å². The second-order valence-electron chi connectivity index (χ2n) is 6.20. The summed E-state index contributed by atoms with van der Waals surface area (Å²) in [7, 11) is 0. The van der Waals surface area contributed by atoms with Crippen LogP contribution >= 0.6 is 0 Å². The number of hydrogen-bond acceptors (Lipinski definition) is 3. The lowest BCUT2D eigenvalue weighted by Crippen LogP contribution is -2.42. The Labute approximate surface area is 110 Å². The highest BCUT2D eigenvalue weighted by atomic mass is 16.2. The van der Waals surface area contributed by atoms with Crippen LogP contribution in [0.4, 0.5) is 0 Å². The molecular formula is C14H27N3O. The summed E-state index contributed by atoms with van der Waals surface area (Å²) in [4.78, 5) is 14.4. The summed E-state index contributed by atoms with van der Waals surface area (Å²) in [5.41, 5.74) is 0. The van der Waals surface area contributed by atoms with E-state index in [4.69, 9.17) is 0 Å². The molecule has 0 aromatic rings. The zero-order chi connectivity index (χ0) is 13.0. The Bertz CT molecular complexity index is 274. The molecule has 2 aliphatic rings. The molecule has 1 unspecified atom stereocenters. The van der Waals surface area contributed by atoms with Crippen molar-refractivity contribution in [2.24, 2.45) is 11.8 Å². The van der Waals surface area contributed by atoms with Crippen molar-refractivity contribution in [2.75, 3.05) is 32.7 Å². The Morgan fingerprint density at radius 1 is 1.44 bits per heavy atom. The van der Waals surface area contributed by atoms with E-state index in [1.165, 1.54) is 19.5 Å². The number of hydrogen-bond donors (Lipinski definition) is 2. The van der Waals surface area contributed by atoms with Crippen molar-refractivity contribution in [1.29, 1.82) is 0 Å². The Kier molecular flexibility index (Phi) is 5.01. The highest BCUT2D eigenvalue weighted by molar-refractivity contribution is 5.81. The van der Waals surface area contributed by atoms with Gasteiger partial charge in [-0.15, -0.1) is 0 Å². The van der Waals surface area contributed by atoms with Gasteiger partial charge in [0.1, 0.15) is 0 Å². The molecule has 0 bridgehead atoms. The second-order valence-corrected chi connectivity index (χ2v) is 6.20. The van der Waals surface area contributed by atoms with Gasteiger partial charge in [0.2, 0.25) is 5.91 Å². The van der Waals surface area contributed by atoms with Crippen molar-refractivity contribution in [2.45, 2.75) is 39.2 Å². The smallest absolute Gasteiger partial charge is 0.237 e. The predicted octanol–water partition coefficient (Wildman–Crippen LogP) is 0.833. The maximum absolute atomic E-state index is 11.9. The van der Waals surface area contributed by atoms with Gasteiger partial charge in [0, 0.05) is 19.6 Å². The third-order valence-corrected chi connectivity index (χ3v) is 3.94. The molecule has 2 saturated heterocycles. The number of carbonyl (C=O) groups is 1. The Balaban J connectivity index is 1.64. The molecule has 18 heavy (non-hydrogen) atoms. The molecule has 2 N–H and O–H groups in total. The average molecular weight is 253 g/mol. The lowest BCUT2D eigenvalue weighted by atomic mass is 10.1. The summed E-state index contributed by atoms with van der Waals surface area (Å²) in [6.45, 7) is 9.91. The maximum atomic E-state index is 11.9. The van der Waals surface area contributed by atoms with Crippen LogP contribution in [0.5, 0.6) is 0 Å². The van der Waals surface area contributed by atoms with Gasteiger partial charge in [-0.05, 0) is 44.2 Å². The molecule has 2 atom stereocenters. The van der Waals surface area contributed by atoms with Gasteiger partial charge in [-0.2, -0.15) is 0 Å². The zero-order valence-corrected chi connectivity index (χ0v) is 11.7. The lowest BCUT2D eigenvalue weighted by molar-refractivity contribution is -0.122. The zero-order valence-electron chi connectivity index (χ0n) is 11.7. The Morgan fingerprint density at radius 3 is 2.94 bits per heavy atom. The van der Waals surface area contributed by atoms with Crippen molar-refractivity contribution in [3.63, 3.8) is 0 Å². The third kappa shape index (κ3) is 3.95. The monoisotopic (exact) mass is 253 g/mol. The first kappa shape index (κ1) is 13.8. The van der Waals surface area contributed by atoms with Gasteiger partial charge in [0.15, 0.2) is 0 Å². The van der Waals surface area contributed by atoms with Crippen molar-refractivity contribution in [1.82, 2.24) is 15.5 Å². The molecule has 0 aromatic carbocycles. The van der Waals surface area contributed by atoms with Gasteiger partial charge in [-0.1, -0.05) is 13.8 Å². The van der Waals surface area contributed by atoms with Crippen LogP contribution in [0.2, 0.25) is 0 Å². The van der Waals surface area contributed by atoms with E-state index < -0.39 is 0 Å². The van der Waals surface area contributed by atoms with E-state index in [-0.39, 0.29) is 11.9 Å². The molecule has 0 spiro atoms. The van der Waals surface area contributed by atoms with Crippen LogP contribution in [-0.4, -0.2) is 49.6 Å². The van der Waals surface area contributed by atoms with Gasteiger partial charge in [0.05, 0.1) is 6.04 Å². The summed E-state index contributed by atoms with van der Waals surface area (Å²) in [6, 6.07) is 0.0678. The Hall–Kier alpha value is -0.610.